The molecule has 0 fully saturated rings. The van der Waals surface area contributed by atoms with Gasteiger partial charge in [-0.3, -0.25) is 4.98 Å². The first-order chi connectivity index (χ1) is 6.93. The highest BCUT2D eigenvalue weighted by Crippen LogP contribution is 1.96. The molecule has 0 aromatic carbocycles. The predicted molar refractivity (Wildman–Crippen MR) is 56.9 cm³/mol. The molecule has 0 amide bonds. The molecule has 78 valence electrons. The molecule has 1 heterocycles. The Hall–Kier alpha value is -0.930. The van der Waals surface area contributed by atoms with Gasteiger partial charge in [0.1, 0.15) is 0 Å². The van der Waals surface area contributed by atoms with E-state index in [0.29, 0.717) is 6.61 Å². The Morgan fingerprint density at radius 1 is 1.29 bits per heavy atom. The van der Waals surface area contributed by atoms with E-state index < -0.39 is 0 Å². The Kier molecular flexibility index (Phi) is 5.95. The third-order valence-electron chi connectivity index (χ3n) is 2.06. The molecule has 2 N–H and O–H groups in total. The van der Waals surface area contributed by atoms with E-state index in [4.69, 9.17) is 5.11 Å². The van der Waals surface area contributed by atoms with Gasteiger partial charge in [-0.25, -0.2) is 0 Å². The summed E-state index contributed by atoms with van der Waals surface area (Å²) in [7, 11) is 0. The summed E-state index contributed by atoms with van der Waals surface area (Å²) in [6, 6.07) is 4.01. The second kappa shape index (κ2) is 7.47. The Morgan fingerprint density at radius 3 is 2.93 bits per heavy atom. The summed E-state index contributed by atoms with van der Waals surface area (Å²) >= 11 is 0. The molecule has 0 aliphatic rings. The van der Waals surface area contributed by atoms with E-state index in [2.05, 4.69) is 16.4 Å². The fourth-order valence-corrected chi connectivity index (χ4v) is 1.27. The summed E-state index contributed by atoms with van der Waals surface area (Å²) in [6.45, 7) is 2.20. The van der Waals surface area contributed by atoms with Gasteiger partial charge in [0.05, 0.1) is 0 Å². The third kappa shape index (κ3) is 4.94. The van der Waals surface area contributed by atoms with Crippen LogP contribution in [0.3, 0.4) is 0 Å². The van der Waals surface area contributed by atoms with Gasteiger partial charge in [-0.05, 0) is 37.4 Å². The van der Waals surface area contributed by atoms with E-state index in [1.54, 1.807) is 6.20 Å². The lowest BCUT2D eigenvalue weighted by molar-refractivity contribution is 0.283. The fraction of sp³-hybridized carbons (Fsp3) is 0.545. The number of pyridine rings is 1. The van der Waals surface area contributed by atoms with Crippen LogP contribution in [0.15, 0.2) is 24.5 Å². The van der Waals surface area contributed by atoms with Gasteiger partial charge in [0.25, 0.3) is 0 Å². The highest BCUT2D eigenvalue weighted by Gasteiger charge is 1.91. The molecule has 0 aliphatic carbocycles. The maximum atomic E-state index is 8.57. The topological polar surface area (TPSA) is 45.1 Å². The maximum Gasteiger partial charge on any atom is 0.0431 e. The lowest BCUT2D eigenvalue weighted by Gasteiger charge is -2.03. The minimum Gasteiger partial charge on any atom is -0.396 e. The molecule has 3 nitrogen and oxygen atoms in total. The van der Waals surface area contributed by atoms with E-state index in [1.807, 2.05) is 12.3 Å². The minimum absolute atomic E-state index is 0.308. The van der Waals surface area contributed by atoms with Crippen molar-refractivity contribution in [2.24, 2.45) is 0 Å². The zero-order valence-electron chi connectivity index (χ0n) is 8.45. The van der Waals surface area contributed by atoms with Crippen molar-refractivity contribution in [1.82, 2.24) is 10.3 Å². The number of aliphatic hydroxyl groups excluding tert-OH is 1. The molecular formula is C11H18N2O. The van der Waals surface area contributed by atoms with Crippen molar-refractivity contribution in [3.8, 4) is 0 Å². The molecule has 0 bridgehead atoms. The molecule has 0 spiro atoms. The molecule has 14 heavy (non-hydrogen) atoms. The Balaban J connectivity index is 1.99. The summed E-state index contributed by atoms with van der Waals surface area (Å²) < 4.78 is 0. The van der Waals surface area contributed by atoms with Crippen LogP contribution in [-0.2, 0) is 6.54 Å². The van der Waals surface area contributed by atoms with Crippen molar-refractivity contribution in [2.45, 2.75) is 25.8 Å². The van der Waals surface area contributed by atoms with Crippen molar-refractivity contribution in [1.29, 1.82) is 0 Å². The number of rotatable bonds is 7. The van der Waals surface area contributed by atoms with Crippen LogP contribution in [0.1, 0.15) is 24.8 Å². The highest BCUT2D eigenvalue weighted by atomic mass is 16.2. The predicted octanol–water partition coefficient (Wildman–Crippen LogP) is 1.33. The number of nitrogens with zero attached hydrogens (tertiary/aromatic N) is 1. The second-order valence-corrected chi connectivity index (χ2v) is 3.32. The number of aliphatic hydroxyl groups is 1. The van der Waals surface area contributed by atoms with Crippen LogP contribution in [0.25, 0.3) is 0 Å². The standard InChI is InChI=1S/C11H18N2O/c14-8-3-1-2-6-12-9-11-5-4-7-13-10-11/h4-5,7,10,12,14H,1-3,6,8-9H2. The van der Waals surface area contributed by atoms with Crippen LogP contribution in [-0.4, -0.2) is 23.2 Å². The van der Waals surface area contributed by atoms with Crippen LogP contribution in [0.2, 0.25) is 0 Å². The van der Waals surface area contributed by atoms with Crippen molar-refractivity contribution in [2.75, 3.05) is 13.2 Å². The molecule has 0 radical (unpaired) electrons. The summed E-state index contributed by atoms with van der Waals surface area (Å²) in [5, 5.41) is 11.9. The van der Waals surface area contributed by atoms with Crippen LogP contribution in [0.5, 0.6) is 0 Å². The normalized spacial score (nSPS) is 10.4. The SMILES string of the molecule is OCCCCCNCc1cccnc1. The molecule has 3 heteroatoms. The van der Waals surface area contributed by atoms with Gasteiger partial charge < -0.3 is 10.4 Å². The lowest BCUT2D eigenvalue weighted by Crippen LogP contribution is -2.14. The van der Waals surface area contributed by atoms with Crippen molar-refractivity contribution in [3.63, 3.8) is 0 Å². The van der Waals surface area contributed by atoms with Gasteiger partial charge in [-0.15, -0.1) is 0 Å². The van der Waals surface area contributed by atoms with Gasteiger partial charge >= 0.3 is 0 Å². The summed E-state index contributed by atoms with van der Waals surface area (Å²) in [5.41, 5.74) is 1.22. The summed E-state index contributed by atoms with van der Waals surface area (Å²) in [5.74, 6) is 0. The van der Waals surface area contributed by atoms with Gasteiger partial charge in [0.2, 0.25) is 0 Å². The smallest absolute Gasteiger partial charge is 0.0431 e. The van der Waals surface area contributed by atoms with Crippen LogP contribution >= 0.6 is 0 Å². The maximum absolute atomic E-state index is 8.57. The lowest BCUT2D eigenvalue weighted by atomic mass is 10.2. The molecular weight excluding hydrogens is 176 g/mol. The molecule has 0 unspecified atom stereocenters. The number of aromatic nitrogens is 1. The van der Waals surface area contributed by atoms with Crippen molar-refractivity contribution >= 4 is 0 Å². The molecule has 1 aromatic heterocycles. The summed E-state index contributed by atoms with van der Waals surface area (Å²) in [6.07, 6.45) is 6.79. The zero-order valence-corrected chi connectivity index (χ0v) is 8.45. The monoisotopic (exact) mass is 194 g/mol. The van der Waals surface area contributed by atoms with Gasteiger partial charge in [-0.2, -0.15) is 0 Å². The first kappa shape index (κ1) is 11.1. The second-order valence-electron chi connectivity index (χ2n) is 3.32. The van der Waals surface area contributed by atoms with E-state index in [9.17, 15) is 0 Å². The first-order valence-electron chi connectivity index (χ1n) is 5.14. The van der Waals surface area contributed by atoms with Crippen molar-refractivity contribution < 1.29 is 5.11 Å². The number of hydrogen-bond acceptors (Lipinski definition) is 3. The fourth-order valence-electron chi connectivity index (χ4n) is 1.27. The van der Waals surface area contributed by atoms with Crippen molar-refractivity contribution in [3.05, 3.63) is 30.1 Å². The summed E-state index contributed by atoms with van der Waals surface area (Å²) in [4.78, 5) is 4.04. The van der Waals surface area contributed by atoms with Gasteiger partial charge in [0.15, 0.2) is 0 Å². The average Bonchev–Trinajstić information content (AvgIpc) is 2.25. The largest absolute Gasteiger partial charge is 0.396 e. The van der Waals surface area contributed by atoms with E-state index in [1.165, 1.54) is 5.56 Å². The number of nitrogens with one attached hydrogen (secondary N) is 1. The molecule has 0 atom stereocenters. The minimum atomic E-state index is 0.308. The Bertz CT molecular complexity index is 226. The third-order valence-corrected chi connectivity index (χ3v) is 2.06. The van der Waals surface area contributed by atoms with E-state index in [0.717, 1.165) is 32.4 Å². The molecule has 0 saturated heterocycles. The Morgan fingerprint density at radius 2 is 2.21 bits per heavy atom. The molecule has 0 saturated carbocycles. The number of unbranched alkanes of at least 4 members (excludes halogenated alkanes) is 2. The van der Waals surface area contributed by atoms with Crippen LogP contribution < -0.4 is 5.32 Å². The van der Waals surface area contributed by atoms with Crippen LogP contribution in [0, 0.1) is 0 Å². The quantitative estimate of drug-likeness (QED) is 0.644. The average molecular weight is 194 g/mol. The zero-order chi connectivity index (χ0) is 10.1. The van der Waals surface area contributed by atoms with E-state index in [-0.39, 0.29) is 0 Å². The molecule has 0 aliphatic heterocycles. The van der Waals surface area contributed by atoms with Gasteiger partial charge in [0, 0.05) is 25.5 Å². The van der Waals surface area contributed by atoms with E-state index >= 15 is 0 Å². The van der Waals surface area contributed by atoms with Gasteiger partial charge in [-0.1, -0.05) is 6.07 Å². The van der Waals surface area contributed by atoms with Crippen LogP contribution in [0.4, 0.5) is 0 Å². The molecule has 1 rings (SSSR count). The highest BCUT2D eigenvalue weighted by molar-refractivity contribution is 5.07. The molecule has 1 aromatic rings. The Labute approximate surface area is 85.2 Å². The first-order valence-corrected chi connectivity index (χ1v) is 5.14. The number of hydrogen-bond donors (Lipinski definition) is 2.